The Labute approximate surface area is 144 Å². The van der Waals surface area contributed by atoms with Crippen molar-refractivity contribution >= 4 is 11.8 Å². The number of nitrogens with zero attached hydrogens (tertiary/aromatic N) is 1. The van der Waals surface area contributed by atoms with E-state index in [0.29, 0.717) is 12.5 Å². The lowest BCUT2D eigenvalue weighted by Crippen LogP contribution is -2.51. The predicted octanol–water partition coefficient (Wildman–Crippen LogP) is 2.80. The number of benzene rings is 1. The zero-order valence-electron chi connectivity index (χ0n) is 14.8. The van der Waals surface area contributed by atoms with E-state index in [1.54, 1.807) is 19.9 Å². The van der Waals surface area contributed by atoms with Gasteiger partial charge >= 0.3 is 0 Å². The van der Waals surface area contributed by atoms with Crippen molar-refractivity contribution in [3.63, 3.8) is 0 Å². The maximum atomic E-state index is 12.7. The first-order chi connectivity index (χ1) is 11.4. The fraction of sp³-hybridized carbons (Fsp3) is 0.500. The molecule has 1 fully saturated rings. The summed E-state index contributed by atoms with van der Waals surface area (Å²) in [4.78, 5) is 26.8. The van der Waals surface area contributed by atoms with Crippen molar-refractivity contribution in [1.29, 1.82) is 0 Å². The van der Waals surface area contributed by atoms with Gasteiger partial charge < -0.3 is 10.2 Å². The summed E-state index contributed by atoms with van der Waals surface area (Å²) in [7, 11) is 0. The largest absolute Gasteiger partial charge is 0.352 e. The van der Waals surface area contributed by atoms with Crippen LogP contribution in [0.3, 0.4) is 0 Å². The van der Waals surface area contributed by atoms with Crippen molar-refractivity contribution in [2.45, 2.75) is 33.1 Å². The van der Waals surface area contributed by atoms with E-state index < -0.39 is 5.41 Å². The van der Waals surface area contributed by atoms with Gasteiger partial charge in [-0.05, 0) is 44.6 Å². The minimum Gasteiger partial charge on any atom is -0.352 e. The third-order valence-electron chi connectivity index (χ3n) is 4.78. The highest BCUT2D eigenvalue weighted by Gasteiger charge is 2.39. The standard InChI is InChI=1S/C20H28N2O2/c1-4-12-21-18(23)20(2,3)19(24)22-13-10-17(11-14-22)15-16-8-6-5-7-9-16/h4-9,17H,1,10-15H2,2-3H3,(H,21,23). The number of carbonyl (C=O) groups excluding carboxylic acids is 2. The highest BCUT2D eigenvalue weighted by molar-refractivity contribution is 6.04. The molecule has 1 aliphatic rings. The molecule has 0 saturated carbocycles. The summed E-state index contributed by atoms with van der Waals surface area (Å²) in [5, 5.41) is 2.73. The Balaban J connectivity index is 1.87. The van der Waals surface area contributed by atoms with Crippen molar-refractivity contribution in [2.75, 3.05) is 19.6 Å². The first kappa shape index (κ1) is 18.2. The molecule has 24 heavy (non-hydrogen) atoms. The van der Waals surface area contributed by atoms with Gasteiger partial charge in [0.1, 0.15) is 5.41 Å². The molecule has 1 aromatic rings. The van der Waals surface area contributed by atoms with E-state index in [2.05, 4.69) is 36.2 Å². The summed E-state index contributed by atoms with van der Waals surface area (Å²) < 4.78 is 0. The normalized spacial score (nSPS) is 15.8. The van der Waals surface area contributed by atoms with Gasteiger partial charge in [-0.3, -0.25) is 9.59 Å². The Kier molecular flexibility index (Phi) is 6.18. The molecule has 0 aromatic heterocycles. The molecule has 0 atom stereocenters. The molecule has 0 radical (unpaired) electrons. The van der Waals surface area contributed by atoms with Crippen molar-refractivity contribution in [3.05, 3.63) is 48.6 Å². The van der Waals surface area contributed by atoms with Crippen molar-refractivity contribution in [3.8, 4) is 0 Å². The quantitative estimate of drug-likeness (QED) is 0.645. The number of piperidine rings is 1. The topological polar surface area (TPSA) is 49.4 Å². The Bertz CT molecular complexity index is 573. The van der Waals surface area contributed by atoms with E-state index in [1.165, 1.54) is 5.56 Å². The number of carbonyl (C=O) groups is 2. The molecule has 2 amide bonds. The first-order valence-electron chi connectivity index (χ1n) is 8.67. The zero-order chi connectivity index (χ0) is 17.6. The average molecular weight is 328 g/mol. The molecular weight excluding hydrogens is 300 g/mol. The summed E-state index contributed by atoms with van der Waals surface area (Å²) in [5.41, 5.74) is 0.321. The number of nitrogens with one attached hydrogen (secondary N) is 1. The van der Waals surface area contributed by atoms with Crippen LogP contribution < -0.4 is 5.32 Å². The van der Waals surface area contributed by atoms with Crippen LogP contribution in [0.1, 0.15) is 32.3 Å². The Morgan fingerprint density at radius 2 is 1.88 bits per heavy atom. The lowest BCUT2D eigenvalue weighted by molar-refractivity contribution is -0.149. The number of amides is 2. The molecule has 0 aliphatic carbocycles. The highest BCUT2D eigenvalue weighted by atomic mass is 16.2. The van der Waals surface area contributed by atoms with Crippen LogP contribution >= 0.6 is 0 Å². The predicted molar refractivity (Wildman–Crippen MR) is 96.4 cm³/mol. The maximum absolute atomic E-state index is 12.7. The molecule has 0 bridgehead atoms. The molecule has 1 aliphatic heterocycles. The summed E-state index contributed by atoms with van der Waals surface area (Å²) in [6.45, 7) is 8.82. The molecule has 0 spiro atoms. The zero-order valence-corrected chi connectivity index (χ0v) is 14.8. The third-order valence-corrected chi connectivity index (χ3v) is 4.78. The van der Waals surface area contributed by atoms with Gasteiger partial charge in [0.2, 0.25) is 11.8 Å². The molecule has 1 heterocycles. The second-order valence-corrected chi connectivity index (χ2v) is 7.05. The molecule has 2 rings (SSSR count). The molecule has 1 N–H and O–H groups in total. The van der Waals surface area contributed by atoms with Gasteiger partial charge in [-0.15, -0.1) is 6.58 Å². The lowest BCUT2D eigenvalue weighted by atomic mass is 9.86. The molecule has 1 saturated heterocycles. The summed E-state index contributed by atoms with van der Waals surface area (Å²) in [5.74, 6) is 0.287. The monoisotopic (exact) mass is 328 g/mol. The molecule has 130 valence electrons. The molecule has 4 heteroatoms. The van der Waals surface area contributed by atoms with Crippen molar-refractivity contribution in [2.24, 2.45) is 11.3 Å². The summed E-state index contributed by atoms with van der Waals surface area (Å²) >= 11 is 0. The number of hydrogen-bond donors (Lipinski definition) is 1. The third kappa shape index (κ3) is 4.47. The van der Waals surface area contributed by atoms with Crippen LogP contribution in [0.25, 0.3) is 0 Å². The van der Waals surface area contributed by atoms with Crippen LogP contribution in [0.5, 0.6) is 0 Å². The van der Waals surface area contributed by atoms with Crippen LogP contribution in [-0.2, 0) is 16.0 Å². The van der Waals surface area contributed by atoms with E-state index >= 15 is 0 Å². The highest BCUT2D eigenvalue weighted by Crippen LogP contribution is 2.26. The molecular formula is C20H28N2O2. The Hall–Kier alpha value is -2.10. The SMILES string of the molecule is C=CCNC(=O)C(C)(C)C(=O)N1CCC(Cc2ccccc2)CC1. The number of hydrogen-bond acceptors (Lipinski definition) is 2. The molecule has 4 nitrogen and oxygen atoms in total. The van der Waals surface area contributed by atoms with Gasteiger partial charge in [0.05, 0.1) is 0 Å². The maximum Gasteiger partial charge on any atom is 0.237 e. The van der Waals surface area contributed by atoms with E-state index in [1.807, 2.05) is 11.0 Å². The van der Waals surface area contributed by atoms with Crippen LogP contribution in [-0.4, -0.2) is 36.3 Å². The van der Waals surface area contributed by atoms with Gasteiger partial charge in [-0.25, -0.2) is 0 Å². The van der Waals surface area contributed by atoms with E-state index in [0.717, 1.165) is 32.4 Å². The van der Waals surface area contributed by atoms with Gasteiger partial charge in [-0.2, -0.15) is 0 Å². The van der Waals surface area contributed by atoms with Gasteiger partial charge in [0, 0.05) is 19.6 Å². The average Bonchev–Trinajstić information content (AvgIpc) is 2.60. The van der Waals surface area contributed by atoms with E-state index in [4.69, 9.17) is 0 Å². The Morgan fingerprint density at radius 1 is 1.25 bits per heavy atom. The fourth-order valence-corrected chi connectivity index (χ4v) is 3.17. The molecule has 0 unspecified atom stereocenters. The van der Waals surface area contributed by atoms with Crippen LogP contribution in [0, 0.1) is 11.3 Å². The second-order valence-electron chi connectivity index (χ2n) is 7.05. The van der Waals surface area contributed by atoms with E-state index in [-0.39, 0.29) is 11.8 Å². The van der Waals surface area contributed by atoms with Crippen LogP contribution in [0.4, 0.5) is 0 Å². The summed E-state index contributed by atoms with van der Waals surface area (Å²) in [6, 6.07) is 10.5. The minimum atomic E-state index is -1.03. The number of likely N-dealkylation sites (tertiary alicyclic amines) is 1. The molecule has 1 aromatic carbocycles. The summed E-state index contributed by atoms with van der Waals surface area (Å²) in [6.07, 6.45) is 4.66. The fourth-order valence-electron chi connectivity index (χ4n) is 3.17. The van der Waals surface area contributed by atoms with Crippen molar-refractivity contribution < 1.29 is 9.59 Å². The van der Waals surface area contributed by atoms with Gasteiger partial charge in [-0.1, -0.05) is 36.4 Å². The Morgan fingerprint density at radius 3 is 2.46 bits per heavy atom. The first-order valence-corrected chi connectivity index (χ1v) is 8.67. The van der Waals surface area contributed by atoms with Crippen LogP contribution in [0.15, 0.2) is 43.0 Å². The van der Waals surface area contributed by atoms with Gasteiger partial charge in [0.25, 0.3) is 0 Å². The van der Waals surface area contributed by atoms with Crippen LogP contribution in [0.2, 0.25) is 0 Å². The lowest BCUT2D eigenvalue weighted by Gasteiger charge is -2.36. The van der Waals surface area contributed by atoms with Crippen molar-refractivity contribution in [1.82, 2.24) is 10.2 Å². The number of rotatable bonds is 6. The van der Waals surface area contributed by atoms with Gasteiger partial charge in [0.15, 0.2) is 0 Å². The smallest absolute Gasteiger partial charge is 0.237 e. The van der Waals surface area contributed by atoms with E-state index in [9.17, 15) is 9.59 Å². The minimum absolute atomic E-state index is 0.0813. The second kappa shape index (κ2) is 8.13.